The Hall–Kier alpha value is -1.18. The number of nitrogens with zero attached hydrogens (tertiary/aromatic N) is 2. The average Bonchev–Trinajstić information content (AvgIpc) is 3.02. The second-order valence-corrected chi connectivity index (χ2v) is 9.94. The molecule has 1 fully saturated rings. The van der Waals surface area contributed by atoms with Crippen LogP contribution in [0.4, 0.5) is 0 Å². The molecular weight excluding hydrogens is 404 g/mol. The molecule has 2 aromatic rings. The van der Waals surface area contributed by atoms with Crippen molar-refractivity contribution in [3.63, 3.8) is 0 Å². The normalized spacial score (nSPS) is 21.6. The largest absolute Gasteiger partial charge is 0.439 e. The maximum Gasteiger partial charge on any atom is 0.209 e. The Kier molecular flexibility index (Phi) is 5.65. The van der Waals surface area contributed by atoms with E-state index in [1.54, 1.807) is 6.20 Å². The Morgan fingerprint density at radius 2 is 2.08 bits per heavy atom. The molecule has 3 rings (SSSR count). The molecule has 0 unspecified atom stereocenters. The number of aromatic nitrogens is 1. The Bertz CT molecular complexity index is 834. The van der Waals surface area contributed by atoms with Gasteiger partial charge < -0.3 is 4.42 Å². The van der Waals surface area contributed by atoms with Crippen LogP contribution in [0.15, 0.2) is 39.4 Å². The third-order valence-corrected chi connectivity index (χ3v) is 6.97. The Balaban J connectivity index is 1.74. The van der Waals surface area contributed by atoms with E-state index in [9.17, 15) is 8.42 Å². The van der Waals surface area contributed by atoms with Gasteiger partial charge in [0.05, 0.1) is 18.0 Å². The molecule has 2 atom stereocenters. The number of benzene rings is 1. The maximum absolute atomic E-state index is 12.1. The minimum absolute atomic E-state index is 0.0185. The fourth-order valence-electron chi connectivity index (χ4n) is 3.57. The van der Waals surface area contributed by atoms with Crippen molar-refractivity contribution in [1.29, 1.82) is 0 Å². The summed E-state index contributed by atoms with van der Waals surface area (Å²) in [6, 6.07) is 7.88. The van der Waals surface area contributed by atoms with Gasteiger partial charge in [-0.3, -0.25) is 4.90 Å². The van der Waals surface area contributed by atoms with E-state index >= 15 is 0 Å². The standard InChI is InChI=1S/C18H23BrN2O3S/c1-21(15-8-3-4-9-17(15)25(2,22)23)12-18-20-11-16(24-18)13-6-5-7-14(19)10-13/h5-7,10-11,15,17H,3-4,8-9,12H2,1-2H3/t15-,17-/m1/s1. The minimum atomic E-state index is -3.05. The van der Waals surface area contributed by atoms with Gasteiger partial charge in [0, 0.05) is 22.3 Å². The quantitative estimate of drug-likeness (QED) is 0.725. The second kappa shape index (κ2) is 7.60. The van der Waals surface area contributed by atoms with Crippen LogP contribution in [0.5, 0.6) is 0 Å². The fourth-order valence-corrected chi connectivity index (χ4v) is 5.48. The van der Waals surface area contributed by atoms with Gasteiger partial charge in [-0.15, -0.1) is 0 Å². The van der Waals surface area contributed by atoms with E-state index in [2.05, 4.69) is 25.8 Å². The van der Waals surface area contributed by atoms with E-state index in [-0.39, 0.29) is 11.3 Å². The third-order valence-electron chi connectivity index (χ3n) is 4.83. The zero-order valence-electron chi connectivity index (χ0n) is 14.5. The minimum Gasteiger partial charge on any atom is -0.439 e. The highest BCUT2D eigenvalue weighted by Crippen LogP contribution is 2.29. The average molecular weight is 427 g/mol. The summed E-state index contributed by atoms with van der Waals surface area (Å²) in [6.45, 7) is 0.505. The molecule has 1 aromatic carbocycles. The second-order valence-electron chi connectivity index (χ2n) is 6.76. The van der Waals surface area contributed by atoms with Crippen molar-refractivity contribution >= 4 is 25.8 Å². The lowest BCUT2D eigenvalue weighted by molar-refractivity contribution is 0.173. The van der Waals surface area contributed by atoms with Crippen LogP contribution in [0.25, 0.3) is 11.3 Å². The molecule has 1 aliphatic carbocycles. The summed E-state index contributed by atoms with van der Waals surface area (Å²) < 4.78 is 31.1. The topological polar surface area (TPSA) is 63.4 Å². The van der Waals surface area contributed by atoms with Gasteiger partial charge in [-0.2, -0.15) is 0 Å². The molecule has 1 heterocycles. The first kappa shape index (κ1) is 18.6. The molecule has 5 nitrogen and oxygen atoms in total. The summed E-state index contributed by atoms with van der Waals surface area (Å²) in [7, 11) is -1.10. The van der Waals surface area contributed by atoms with Gasteiger partial charge in [-0.25, -0.2) is 13.4 Å². The van der Waals surface area contributed by atoms with Gasteiger partial charge >= 0.3 is 0 Å². The number of hydrogen-bond acceptors (Lipinski definition) is 5. The van der Waals surface area contributed by atoms with E-state index in [1.807, 2.05) is 31.3 Å². The van der Waals surface area contributed by atoms with Crippen LogP contribution in [0.1, 0.15) is 31.6 Å². The van der Waals surface area contributed by atoms with Crippen LogP contribution < -0.4 is 0 Å². The van der Waals surface area contributed by atoms with Crippen molar-refractivity contribution in [2.75, 3.05) is 13.3 Å². The Morgan fingerprint density at radius 1 is 1.32 bits per heavy atom. The summed E-state index contributed by atoms with van der Waals surface area (Å²) in [5, 5.41) is -0.300. The van der Waals surface area contributed by atoms with Crippen LogP contribution in [-0.4, -0.2) is 42.9 Å². The highest BCUT2D eigenvalue weighted by atomic mass is 79.9. The number of oxazole rings is 1. The van der Waals surface area contributed by atoms with Crippen LogP contribution >= 0.6 is 15.9 Å². The molecule has 0 radical (unpaired) electrons. The molecule has 1 aromatic heterocycles. The number of halogens is 1. The molecule has 0 aliphatic heterocycles. The van der Waals surface area contributed by atoms with Crippen molar-refractivity contribution in [2.24, 2.45) is 0 Å². The number of rotatable bonds is 5. The number of hydrogen-bond donors (Lipinski definition) is 0. The third kappa shape index (κ3) is 4.51. The van der Waals surface area contributed by atoms with Crippen molar-refractivity contribution in [3.05, 3.63) is 40.8 Å². The van der Waals surface area contributed by atoms with Crippen molar-refractivity contribution < 1.29 is 12.8 Å². The predicted molar refractivity (Wildman–Crippen MR) is 102 cm³/mol. The summed E-state index contributed by atoms with van der Waals surface area (Å²) >= 11 is 3.46. The van der Waals surface area contributed by atoms with Crippen molar-refractivity contribution in [1.82, 2.24) is 9.88 Å². The summed E-state index contributed by atoms with van der Waals surface area (Å²) in [5.74, 6) is 1.32. The Labute approximate surface area is 157 Å². The van der Waals surface area contributed by atoms with Gasteiger partial charge in [0.25, 0.3) is 0 Å². The zero-order valence-corrected chi connectivity index (χ0v) is 16.9. The molecule has 0 spiro atoms. The van der Waals surface area contributed by atoms with Crippen LogP contribution in [-0.2, 0) is 16.4 Å². The van der Waals surface area contributed by atoms with Gasteiger partial charge in [0.15, 0.2) is 15.6 Å². The lowest BCUT2D eigenvalue weighted by Crippen LogP contribution is -2.46. The molecule has 7 heteroatoms. The smallest absolute Gasteiger partial charge is 0.209 e. The SMILES string of the molecule is CN(Cc1ncc(-c2cccc(Br)c2)o1)[C@@H]1CCCC[C@H]1S(C)(=O)=O. The maximum atomic E-state index is 12.1. The van der Waals surface area contributed by atoms with Crippen molar-refractivity contribution in [3.8, 4) is 11.3 Å². The molecule has 0 N–H and O–H groups in total. The highest BCUT2D eigenvalue weighted by Gasteiger charge is 2.35. The van der Waals surface area contributed by atoms with Crippen LogP contribution in [0.2, 0.25) is 0 Å². The summed E-state index contributed by atoms with van der Waals surface area (Å²) in [6.07, 6.45) is 6.75. The molecule has 136 valence electrons. The van der Waals surface area contributed by atoms with Crippen molar-refractivity contribution in [2.45, 2.75) is 43.5 Å². The zero-order chi connectivity index (χ0) is 18.0. The molecule has 1 saturated carbocycles. The fraction of sp³-hybridized carbons (Fsp3) is 0.500. The molecular formula is C18H23BrN2O3S. The Morgan fingerprint density at radius 3 is 2.80 bits per heavy atom. The molecule has 0 amide bonds. The van der Waals surface area contributed by atoms with E-state index in [1.165, 1.54) is 6.26 Å². The molecule has 0 bridgehead atoms. The molecule has 0 saturated heterocycles. The number of sulfone groups is 1. The summed E-state index contributed by atoms with van der Waals surface area (Å²) in [5.41, 5.74) is 0.961. The first-order valence-electron chi connectivity index (χ1n) is 8.44. The van der Waals surface area contributed by atoms with Gasteiger partial charge in [0.1, 0.15) is 0 Å². The first-order chi connectivity index (χ1) is 11.8. The monoisotopic (exact) mass is 426 g/mol. The molecule has 1 aliphatic rings. The van der Waals surface area contributed by atoms with E-state index < -0.39 is 9.84 Å². The lowest BCUT2D eigenvalue weighted by Gasteiger charge is -2.36. The van der Waals surface area contributed by atoms with Gasteiger partial charge in [-0.05, 0) is 32.0 Å². The first-order valence-corrected chi connectivity index (χ1v) is 11.2. The van der Waals surface area contributed by atoms with Crippen LogP contribution in [0, 0.1) is 0 Å². The predicted octanol–water partition coefficient (Wildman–Crippen LogP) is 3.89. The summed E-state index contributed by atoms with van der Waals surface area (Å²) in [4.78, 5) is 6.44. The molecule has 25 heavy (non-hydrogen) atoms. The van der Waals surface area contributed by atoms with Crippen LogP contribution in [0.3, 0.4) is 0 Å². The lowest BCUT2D eigenvalue weighted by atomic mass is 9.94. The van der Waals surface area contributed by atoms with Gasteiger partial charge in [-0.1, -0.05) is 40.9 Å². The van der Waals surface area contributed by atoms with Gasteiger partial charge in [0.2, 0.25) is 5.89 Å². The van der Waals surface area contributed by atoms with E-state index in [0.29, 0.717) is 18.2 Å². The van der Waals surface area contributed by atoms with E-state index in [0.717, 1.165) is 35.7 Å². The highest BCUT2D eigenvalue weighted by molar-refractivity contribution is 9.10. The van der Waals surface area contributed by atoms with E-state index in [4.69, 9.17) is 4.42 Å².